The minimum absolute atomic E-state index is 0.0164. The van der Waals surface area contributed by atoms with Crippen LogP contribution in [0.4, 0.5) is 4.39 Å². The molecule has 0 spiro atoms. The molecule has 1 fully saturated rings. The van der Waals surface area contributed by atoms with Crippen molar-refractivity contribution in [2.45, 2.75) is 18.9 Å². The van der Waals surface area contributed by atoms with Crippen LogP contribution in [0.25, 0.3) is 0 Å². The van der Waals surface area contributed by atoms with Gasteiger partial charge in [-0.15, -0.1) is 0 Å². The number of rotatable bonds is 11. The third-order valence-electron chi connectivity index (χ3n) is 4.41. The molecule has 6 heteroatoms. The van der Waals surface area contributed by atoms with Gasteiger partial charge in [-0.05, 0) is 30.2 Å². The molecule has 146 valence electrons. The number of nitrogens with zero attached hydrogens (tertiary/aromatic N) is 1. The summed E-state index contributed by atoms with van der Waals surface area (Å²) in [5.41, 5.74) is 3.35. The summed E-state index contributed by atoms with van der Waals surface area (Å²) < 4.78 is 19.5. The van der Waals surface area contributed by atoms with E-state index >= 15 is 0 Å². The Morgan fingerprint density at radius 3 is 2.78 bits per heavy atom. The third kappa shape index (κ3) is 6.34. The minimum Gasteiger partial charge on any atom is -0.493 e. The molecular weight excluding hydrogens is 347 g/mol. The summed E-state index contributed by atoms with van der Waals surface area (Å²) in [6, 6.07) is 6.27. The first-order chi connectivity index (χ1) is 13.1. The molecule has 0 bridgehead atoms. The van der Waals surface area contributed by atoms with Gasteiger partial charge >= 0.3 is 0 Å². The fraction of sp³-hybridized carbons (Fsp3) is 0.381. The maximum atomic E-state index is 13.9. The van der Waals surface area contributed by atoms with Gasteiger partial charge < -0.3 is 14.5 Å². The molecule has 0 radical (unpaired) electrons. The second kappa shape index (κ2) is 10.6. The van der Waals surface area contributed by atoms with E-state index in [0.29, 0.717) is 43.4 Å². The van der Waals surface area contributed by atoms with E-state index in [2.05, 4.69) is 18.6 Å². The molecular formula is C21H27FN2O3. The fourth-order valence-corrected chi connectivity index (χ4v) is 2.98. The molecule has 1 aromatic rings. The molecule has 1 heterocycles. The summed E-state index contributed by atoms with van der Waals surface area (Å²) in [7, 11) is 1.49. The molecule has 1 aliphatic heterocycles. The highest BCUT2D eigenvalue weighted by Gasteiger charge is 2.32. The van der Waals surface area contributed by atoms with E-state index in [1.807, 2.05) is 0 Å². The van der Waals surface area contributed by atoms with Gasteiger partial charge in [0.15, 0.2) is 0 Å². The molecule has 0 aliphatic carbocycles. The summed E-state index contributed by atoms with van der Waals surface area (Å²) in [6.45, 7) is 9.14. The highest BCUT2D eigenvalue weighted by molar-refractivity contribution is 5.77. The summed E-state index contributed by atoms with van der Waals surface area (Å²) in [5.74, 6) is 0.703. The number of carbonyl (C=O) groups is 1. The zero-order valence-corrected chi connectivity index (χ0v) is 15.7. The van der Waals surface area contributed by atoms with Crippen LogP contribution in [0.2, 0.25) is 0 Å². The minimum atomic E-state index is -0.294. The van der Waals surface area contributed by atoms with Crippen molar-refractivity contribution in [2.24, 2.45) is 5.92 Å². The lowest BCUT2D eigenvalue weighted by Crippen LogP contribution is -2.53. The Morgan fingerprint density at radius 1 is 1.41 bits per heavy atom. The topological polar surface area (TPSA) is 50.8 Å². The van der Waals surface area contributed by atoms with Crippen LogP contribution in [0.5, 0.6) is 0 Å². The normalized spacial score (nSPS) is 15.8. The fourth-order valence-electron chi connectivity index (χ4n) is 2.98. The average molecular weight is 374 g/mol. The second-order valence-corrected chi connectivity index (χ2v) is 6.50. The lowest BCUT2D eigenvalue weighted by molar-refractivity contribution is -0.140. The first-order valence-corrected chi connectivity index (χ1v) is 8.95. The standard InChI is InChI=1S/C21H27FN2O3/c1-4-8-19(5-2)27-15-16-13-24(14-16)21(25)12-18(23-26-3)11-17-9-6-7-10-20(17)22/h4-10,16,18,23H,1-2,11-15H2,3H3/b19-8+. The highest BCUT2D eigenvalue weighted by Crippen LogP contribution is 2.20. The van der Waals surface area contributed by atoms with Crippen molar-refractivity contribution in [2.75, 3.05) is 26.8 Å². The van der Waals surface area contributed by atoms with Gasteiger partial charge in [-0.1, -0.05) is 37.4 Å². The number of hydroxylamine groups is 1. The maximum absolute atomic E-state index is 13.9. The van der Waals surface area contributed by atoms with Crippen molar-refractivity contribution in [1.29, 1.82) is 0 Å². The number of ether oxygens (including phenoxy) is 1. The smallest absolute Gasteiger partial charge is 0.224 e. The zero-order chi connectivity index (χ0) is 19.6. The zero-order valence-electron chi connectivity index (χ0n) is 15.7. The largest absolute Gasteiger partial charge is 0.493 e. The van der Waals surface area contributed by atoms with E-state index in [1.165, 1.54) is 13.2 Å². The van der Waals surface area contributed by atoms with E-state index in [-0.39, 0.29) is 24.2 Å². The number of hydrogen-bond donors (Lipinski definition) is 1. The van der Waals surface area contributed by atoms with Crippen molar-refractivity contribution >= 4 is 5.91 Å². The predicted molar refractivity (Wildman–Crippen MR) is 103 cm³/mol. The van der Waals surface area contributed by atoms with E-state index in [1.54, 1.807) is 41.3 Å². The number of nitrogens with one attached hydrogen (secondary N) is 1. The monoisotopic (exact) mass is 374 g/mol. The Kier molecular flexibility index (Phi) is 8.23. The van der Waals surface area contributed by atoms with Crippen molar-refractivity contribution in [3.05, 3.63) is 72.8 Å². The number of likely N-dealkylation sites (tertiary alicyclic amines) is 1. The van der Waals surface area contributed by atoms with E-state index < -0.39 is 0 Å². The van der Waals surface area contributed by atoms with Crippen LogP contribution in [0, 0.1) is 11.7 Å². The van der Waals surface area contributed by atoms with Crippen LogP contribution in [0.3, 0.4) is 0 Å². The van der Waals surface area contributed by atoms with Crippen molar-refractivity contribution in [3.63, 3.8) is 0 Å². The molecule has 0 aromatic heterocycles. The van der Waals surface area contributed by atoms with Crippen LogP contribution in [0.1, 0.15) is 12.0 Å². The van der Waals surface area contributed by atoms with Gasteiger partial charge in [-0.3, -0.25) is 4.79 Å². The summed E-state index contributed by atoms with van der Waals surface area (Å²) in [4.78, 5) is 19.2. The number of hydrogen-bond acceptors (Lipinski definition) is 4. The highest BCUT2D eigenvalue weighted by atomic mass is 19.1. The van der Waals surface area contributed by atoms with Gasteiger partial charge in [-0.25, -0.2) is 4.39 Å². The van der Waals surface area contributed by atoms with E-state index in [9.17, 15) is 9.18 Å². The van der Waals surface area contributed by atoms with Crippen molar-refractivity contribution < 1.29 is 18.8 Å². The van der Waals surface area contributed by atoms with Gasteiger partial charge in [-0.2, -0.15) is 5.48 Å². The van der Waals surface area contributed by atoms with Crippen LogP contribution in [-0.4, -0.2) is 43.7 Å². The molecule has 1 amide bonds. The molecule has 1 unspecified atom stereocenters. The quantitative estimate of drug-likeness (QED) is 0.368. The molecule has 0 saturated carbocycles. The lowest BCUT2D eigenvalue weighted by Gasteiger charge is -2.39. The number of carbonyl (C=O) groups excluding carboxylic acids is 1. The second-order valence-electron chi connectivity index (χ2n) is 6.50. The molecule has 1 aliphatic rings. The molecule has 2 rings (SSSR count). The lowest BCUT2D eigenvalue weighted by atomic mass is 9.98. The van der Waals surface area contributed by atoms with Crippen LogP contribution >= 0.6 is 0 Å². The Labute approximate surface area is 160 Å². The summed E-state index contributed by atoms with van der Waals surface area (Å²) >= 11 is 0. The molecule has 27 heavy (non-hydrogen) atoms. The molecule has 1 atom stereocenters. The van der Waals surface area contributed by atoms with Crippen molar-refractivity contribution in [3.8, 4) is 0 Å². The molecule has 5 nitrogen and oxygen atoms in total. The first-order valence-electron chi connectivity index (χ1n) is 8.95. The van der Waals surface area contributed by atoms with Gasteiger partial charge in [0, 0.05) is 31.5 Å². The van der Waals surface area contributed by atoms with Gasteiger partial charge in [0.1, 0.15) is 11.6 Å². The first kappa shape index (κ1) is 20.9. The Bertz CT molecular complexity index is 684. The van der Waals surface area contributed by atoms with Crippen molar-refractivity contribution in [1.82, 2.24) is 10.4 Å². The van der Waals surface area contributed by atoms with Crippen LogP contribution in [0.15, 0.2) is 61.4 Å². The third-order valence-corrected chi connectivity index (χ3v) is 4.41. The SMILES string of the molecule is C=C/C=C(\C=C)OCC1CN(C(=O)CC(Cc2ccccc2F)NOC)C1. The number of halogens is 1. The summed E-state index contributed by atoms with van der Waals surface area (Å²) in [6.07, 6.45) is 5.64. The molecule has 1 aromatic carbocycles. The summed E-state index contributed by atoms with van der Waals surface area (Å²) in [5, 5.41) is 0. The maximum Gasteiger partial charge on any atom is 0.224 e. The predicted octanol–water partition coefficient (Wildman–Crippen LogP) is 3.01. The Morgan fingerprint density at radius 2 is 2.15 bits per heavy atom. The van der Waals surface area contributed by atoms with Gasteiger partial charge in [0.25, 0.3) is 0 Å². The van der Waals surface area contributed by atoms with Gasteiger partial charge in [0.05, 0.1) is 13.7 Å². The van der Waals surface area contributed by atoms with Crippen LogP contribution < -0.4 is 5.48 Å². The molecule has 1 saturated heterocycles. The number of allylic oxidation sites excluding steroid dienone is 3. The van der Waals surface area contributed by atoms with Crippen LogP contribution in [-0.2, 0) is 20.8 Å². The van der Waals surface area contributed by atoms with E-state index in [0.717, 1.165) is 0 Å². The van der Waals surface area contributed by atoms with Gasteiger partial charge in [0.2, 0.25) is 5.91 Å². The Hall–Kier alpha value is -2.44. The number of amides is 1. The average Bonchev–Trinajstić information content (AvgIpc) is 2.61. The number of benzene rings is 1. The Balaban J connectivity index is 1.80. The van der Waals surface area contributed by atoms with E-state index in [4.69, 9.17) is 9.57 Å². The molecule has 1 N–H and O–H groups in total.